The smallest absolute Gasteiger partial charge is 0.162 e. The quantitative estimate of drug-likeness (QED) is 0.539. The first-order chi connectivity index (χ1) is 15.1. The highest BCUT2D eigenvalue weighted by atomic mass is 19.1. The third-order valence-corrected chi connectivity index (χ3v) is 5.63. The zero-order valence-corrected chi connectivity index (χ0v) is 17.8. The zero-order chi connectivity index (χ0) is 21.8. The number of aromatic hydroxyl groups is 1. The molecular weight excluding hydrogens is 391 g/mol. The topological polar surface area (TPSA) is 53.8 Å². The second kappa shape index (κ2) is 9.31. The predicted octanol–water partition coefficient (Wildman–Crippen LogP) is 5.71. The van der Waals surface area contributed by atoms with E-state index in [1.165, 1.54) is 17.7 Å². The van der Waals surface area contributed by atoms with Crippen molar-refractivity contribution in [3.63, 3.8) is 0 Å². The maximum absolute atomic E-state index is 13.5. The second-order valence-corrected chi connectivity index (χ2v) is 7.63. The average Bonchev–Trinajstić information content (AvgIpc) is 2.81. The van der Waals surface area contributed by atoms with Gasteiger partial charge in [-0.2, -0.15) is 0 Å². The summed E-state index contributed by atoms with van der Waals surface area (Å²) in [5.74, 6) is 0.330. The first-order valence-corrected chi connectivity index (χ1v) is 10.7. The van der Waals surface area contributed by atoms with Crippen LogP contribution in [0.25, 0.3) is 0 Å². The number of halogens is 1. The minimum Gasteiger partial charge on any atom is -0.504 e. The van der Waals surface area contributed by atoms with Gasteiger partial charge in [-0.05, 0) is 48.2 Å². The molecule has 0 bridgehead atoms. The van der Waals surface area contributed by atoms with E-state index < -0.39 is 0 Å². The van der Waals surface area contributed by atoms with Crippen LogP contribution in [-0.4, -0.2) is 17.4 Å². The van der Waals surface area contributed by atoms with E-state index in [0.717, 1.165) is 28.8 Å². The highest BCUT2D eigenvalue weighted by Crippen LogP contribution is 2.38. The van der Waals surface area contributed by atoms with Gasteiger partial charge in [-0.3, -0.25) is 10.3 Å². The molecule has 0 saturated carbocycles. The van der Waals surface area contributed by atoms with Gasteiger partial charge in [0.1, 0.15) is 12.0 Å². The van der Waals surface area contributed by atoms with Crippen LogP contribution in [0.2, 0.25) is 0 Å². The van der Waals surface area contributed by atoms with Gasteiger partial charge in [-0.25, -0.2) is 4.39 Å². The van der Waals surface area contributed by atoms with Crippen LogP contribution < -0.4 is 10.1 Å². The van der Waals surface area contributed by atoms with Crippen LogP contribution >= 0.6 is 0 Å². The van der Waals surface area contributed by atoms with Gasteiger partial charge in [0, 0.05) is 23.7 Å². The Morgan fingerprint density at radius 1 is 1.03 bits per heavy atom. The van der Waals surface area contributed by atoms with Gasteiger partial charge in [-0.1, -0.05) is 55.5 Å². The number of phenolic OH excluding ortho intramolecular Hbond substituents is 1. The Labute approximate surface area is 182 Å². The number of aryl methyl sites for hydroxylation is 1. The predicted molar refractivity (Wildman–Crippen MR) is 121 cm³/mol. The number of ether oxygens (including phenoxy) is 1. The maximum Gasteiger partial charge on any atom is 0.162 e. The molecule has 0 aliphatic carbocycles. The number of nitrogens with one attached hydrogen (secondary N) is 1. The molecule has 0 spiro atoms. The number of aliphatic imine (C=N–C) groups is 1. The van der Waals surface area contributed by atoms with Gasteiger partial charge in [-0.15, -0.1) is 0 Å². The van der Waals surface area contributed by atoms with Gasteiger partial charge < -0.3 is 9.84 Å². The van der Waals surface area contributed by atoms with E-state index in [0.29, 0.717) is 18.8 Å². The summed E-state index contributed by atoms with van der Waals surface area (Å²) in [6.07, 6.45) is 1.25. The molecule has 0 radical (unpaired) electrons. The Morgan fingerprint density at radius 3 is 2.45 bits per heavy atom. The van der Waals surface area contributed by atoms with Crippen molar-refractivity contribution in [3.8, 4) is 11.5 Å². The van der Waals surface area contributed by atoms with E-state index in [4.69, 9.17) is 9.73 Å². The molecule has 0 aromatic heterocycles. The monoisotopic (exact) mass is 418 g/mol. The Balaban J connectivity index is 1.73. The van der Waals surface area contributed by atoms with E-state index in [2.05, 4.69) is 36.5 Å². The van der Waals surface area contributed by atoms with Crippen molar-refractivity contribution in [2.75, 3.05) is 6.61 Å². The Morgan fingerprint density at radius 2 is 1.77 bits per heavy atom. The van der Waals surface area contributed by atoms with Crippen molar-refractivity contribution in [1.29, 1.82) is 0 Å². The van der Waals surface area contributed by atoms with Crippen molar-refractivity contribution in [2.45, 2.75) is 38.9 Å². The first kappa shape index (κ1) is 21.1. The largest absolute Gasteiger partial charge is 0.504 e. The molecule has 3 aromatic rings. The number of rotatable bonds is 6. The molecule has 2 N–H and O–H groups in total. The molecule has 31 heavy (non-hydrogen) atoms. The molecule has 160 valence electrons. The van der Waals surface area contributed by atoms with Crippen molar-refractivity contribution in [2.24, 2.45) is 4.99 Å². The summed E-state index contributed by atoms with van der Waals surface area (Å²) in [4.78, 5) is 4.94. The minimum absolute atomic E-state index is 0.141. The van der Waals surface area contributed by atoms with E-state index in [1.807, 2.05) is 19.1 Å². The normalized spacial score (nSPS) is 18.5. The van der Waals surface area contributed by atoms with Crippen molar-refractivity contribution in [1.82, 2.24) is 5.32 Å². The summed E-state index contributed by atoms with van der Waals surface area (Å²) in [7, 11) is 0. The molecule has 0 saturated heterocycles. The third kappa shape index (κ3) is 4.62. The lowest BCUT2D eigenvalue weighted by atomic mass is 9.93. The molecule has 3 aromatic carbocycles. The molecular formula is C26H27FN2O2. The average molecular weight is 419 g/mol. The Bertz CT molecular complexity index is 1060. The Hall–Kier alpha value is -3.18. The fourth-order valence-corrected chi connectivity index (χ4v) is 3.92. The molecule has 1 aliphatic rings. The highest BCUT2D eigenvalue weighted by Gasteiger charge is 2.28. The lowest BCUT2D eigenvalue weighted by Crippen LogP contribution is -2.33. The summed E-state index contributed by atoms with van der Waals surface area (Å²) in [6.45, 7) is 4.50. The minimum atomic E-state index is -0.352. The standard InChI is InChI=1S/C26H27FN2O2/c1-3-17-8-10-18(11-9-17)22-16-23(21-6-5-7-24(25(21)30)31-4-2)29-26(28-22)19-12-14-20(27)15-13-19/h5-15,23,26,29-30H,3-4,16H2,1-2H3. The molecule has 1 aliphatic heterocycles. The van der Waals surface area contributed by atoms with E-state index in [-0.39, 0.29) is 23.8 Å². The maximum atomic E-state index is 13.5. The summed E-state index contributed by atoms with van der Waals surface area (Å²) in [6, 6.07) is 20.2. The molecule has 5 heteroatoms. The van der Waals surface area contributed by atoms with Crippen LogP contribution in [0.3, 0.4) is 0 Å². The van der Waals surface area contributed by atoms with Crippen LogP contribution in [0, 0.1) is 5.82 Å². The van der Waals surface area contributed by atoms with Gasteiger partial charge in [0.25, 0.3) is 0 Å². The Kier molecular flexibility index (Phi) is 6.33. The van der Waals surface area contributed by atoms with Crippen molar-refractivity contribution >= 4 is 5.71 Å². The highest BCUT2D eigenvalue weighted by molar-refractivity contribution is 6.01. The summed E-state index contributed by atoms with van der Waals surface area (Å²) in [5.41, 5.74) is 4.90. The van der Waals surface area contributed by atoms with E-state index in [1.54, 1.807) is 18.2 Å². The molecule has 2 unspecified atom stereocenters. The lowest BCUT2D eigenvalue weighted by Gasteiger charge is -2.31. The van der Waals surface area contributed by atoms with Gasteiger partial charge in [0.05, 0.1) is 6.61 Å². The number of hydrogen-bond acceptors (Lipinski definition) is 4. The molecule has 0 amide bonds. The zero-order valence-electron chi connectivity index (χ0n) is 17.8. The van der Waals surface area contributed by atoms with Crippen molar-refractivity contribution in [3.05, 3.63) is 94.8 Å². The molecule has 0 fully saturated rings. The summed E-state index contributed by atoms with van der Waals surface area (Å²) >= 11 is 0. The van der Waals surface area contributed by atoms with Crippen LogP contribution in [0.4, 0.5) is 4.39 Å². The second-order valence-electron chi connectivity index (χ2n) is 7.63. The number of phenols is 1. The summed E-state index contributed by atoms with van der Waals surface area (Å²) in [5, 5.41) is 14.3. The first-order valence-electron chi connectivity index (χ1n) is 10.7. The third-order valence-electron chi connectivity index (χ3n) is 5.63. The number of hydrogen-bond donors (Lipinski definition) is 2. The van der Waals surface area contributed by atoms with Crippen LogP contribution in [0.15, 0.2) is 71.7 Å². The van der Waals surface area contributed by atoms with E-state index in [9.17, 15) is 9.50 Å². The van der Waals surface area contributed by atoms with E-state index >= 15 is 0 Å². The number of para-hydroxylation sites is 1. The lowest BCUT2D eigenvalue weighted by molar-refractivity contribution is 0.313. The number of benzene rings is 3. The molecule has 4 nitrogen and oxygen atoms in total. The van der Waals surface area contributed by atoms with Crippen LogP contribution in [-0.2, 0) is 6.42 Å². The fraction of sp³-hybridized carbons (Fsp3) is 0.269. The van der Waals surface area contributed by atoms with Crippen LogP contribution in [0.5, 0.6) is 11.5 Å². The SMILES string of the molecule is CCOc1cccc(C2CC(c3ccc(CC)cc3)=NC(c3ccc(F)cc3)N2)c1O. The van der Waals surface area contributed by atoms with Crippen LogP contribution in [0.1, 0.15) is 54.7 Å². The molecule has 4 rings (SSSR count). The molecule has 1 heterocycles. The fourth-order valence-electron chi connectivity index (χ4n) is 3.92. The molecule has 2 atom stereocenters. The van der Waals surface area contributed by atoms with Crippen molar-refractivity contribution < 1.29 is 14.2 Å². The van der Waals surface area contributed by atoms with Gasteiger partial charge >= 0.3 is 0 Å². The summed E-state index contributed by atoms with van der Waals surface area (Å²) < 4.78 is 19.1. The van der Waals surface area contributed by atoms with Gasteiger partial charge in [0.15, 0.2) is 11.5 Å². The van der Waals surface area contributed by atoms with Gasteiger partial charge in [0.2, 0.25) is 0 Å². The number of nitrogens with zero attached hydrogens (tertiary/aromatic N) is 1.